The van der Waals surface area contributed by atoms with Crippen LogP contribution in [0.1, 0.15) is 34.1 Å². The molecule has 1 N–H and O–H groups in total. The van der Waals surface area contributed by atoms with Gasteiger partial charge in [-0.05, 0) is 36.1 Å². The first kappa shape index (κ1) is 11.0. The highest BCUT2D eigenvalue weighted by Crippen LogP contribution is 2.30. The van der Waals surface area contributed by atoms with Crippen molar-refractivity contribution in [3.05, 3.63) is 65.5 Å². The molecule has 0 spiro atoms. The number of nitrogens with zero attached hydrogens (tertiary/aromatic N) is 1. The summed E-state index contributed by atoms with van der Waals surface area (Å²) in [6, 6.07) is 13.8. The van der Waals surface area contributed by atoms with Crippen LogP contribution in [0.15, 0.2) is 48.7 Å². The number of aromatic nitrogens is 1. The minimum atomic E-state index is -0.0997. The van der Waals surface area contributed by atoms with Crippen LogP contribution in [0, 0.1) is 0 Å². The van der Waals surface area contributed by atoms with Gasteiger partial charge in [0.25, 0.3) is 5.91 Å². The van der Waals surface area contributed by atoms with Crippen LogP contribution in [0.2, 0.25) is 0 Å². The van der Waals surface area contributed by atoms with Gasteiger partial charge in [0.2, 0.25) is 0 Å². The van der Waals surface area contributed by atoms with Gasteiger partial charge in [0.15, 0.2) is 0 Å². The Balaban J connectivity index is 1.77. The summed E-state index contributed by atoms with van der Waals surface area (Å²) in [7, 11) is 0. The van der Waals surface area contributed by atoms with E-state index in [1.807, 2.05) is 24.3 Å². The normalized spacial score (nSPS) is 17.2. The predicted octanol–water partition coefficient (Wildman–Crippen LogP) is 2.50. The minimum Gasteiger partial charge on any atom is -0.344 e. The van der Waals surface area contributed by atoms with Gasteiger partial charge >= 0.3 is 0 Å². The lowest BCUT2D eigenvalue weighted by Gasteiger charge is -2.13. The predicted molar refractivity (Wildman–Crippen MR) is 69.2 cm³/mol. The number of benzene rings is 1. The number of nitrogens with one attached hydrogen (secondary N) is 1. The van der Waals surface area contributed by atoms with Crippen molar-refractivity contribution in [2.45, 2.75) is 18.9 Å². The number of hydrogen-bond donors (Lipinski definition) is 1. The number of rotatable bonds is 2. The maximum Gasteiger partial charge on any atom is 0.270 e. The van der Waals surface area contributed by atoms with Crippen molar-refractivity contribution >= 4 is 5.91 Å². The Hall–Kier alpha value is -2.16. The molecule has 0 fully saturated rings. The summed E-state index contributed by atoms with van der Waals surface area (Å²) in [5.74, 6) is -0.0997. The summed E-state index contributed by atoms with van der Waals surface area (Å²) in [6.07, 6.45) is 3.64. The second-order valence-electron chi connectivity index (χ2n) is 4.48. The third-order valence-corrected chi connectivity index (χ3v) is 3.34. The van der Waals surface area contributed by atoms with Gasteiger partial charge < -0.3 is 5.32 Å². The first-order valence-corrected chi connectivity index (χ1v) is 6.14. The summed E-state index contributed by atoms with van der Waals surface area (Å²) in [5, 5.41) is 3.05. The van der Waals surface area contributed by atoms with E-state index < -0.39 is 0 Å². The van der Waals surface area contributed by atoms with E-state index in [1.54, 1.807) is 12.3 Å². The van der Waals surface area contributed by atoms with Gasteiger partial charge in [-0.3, -0.25) is 9.78 Å². The molecule has 2 aromatic rings. The lowest BCUT2D eigenvalue weighted by atomic mass is 10.1. The molecule has 1 aromatic heterocycles. The smallest absolute Gasteiger partial charge is 0.270 e. The molecule has 3 heteroatoms. The second-order valence-corrected chi connectivity index (χ2v) is 4.48. The molecular formula is C15H14N2O. The molecule has 3 rings (SSSR count). The zero-order chi connectivity index (χ0) is 12.4. The highest BCUT2D eigenvalue weighted by molar-refractivity contribution is 5.92. The van der Waals surface area contributed by atoms with E-state index in [9.17, 15) is 4.79 Å². The molecule has 1 aromatic carbocycles. The van der Waals surface area contributed by atoms with E-state index in [0.717, 1.165) is 12.8 Å². The Kier molecular flexibility index (Phi) is 2.81. The molecule has 1 atom stereocenters. The number of fused-ring (bicyclic) bond motifs is 1. The SMILES string of the molecule is O=C(N[C@H]1CCc2ccccc21)c1ccccn1. The third-order valence-electron chi connectivity index (χ3n) is 3.34. The molecule has 1 heterocycles. The van der Waals surface area contributed by atoms with Gasteiger partial charge in [0.05, 0.1) is 6.04 Å². The van der Waals surface area contributed by atoms with E-state index in [1.165, 1.54) is 11.1 Å². The lowest BCUT2D eigenvalue weighted by Crippen LogP contribution is -2.27. The fraction of sp³-hybridized carbons (Fsp3) is 0.200. The zero-order valence-electron chi connectivity index (χ0n) is 9.97. The Morgan fingerprint density at radius 1 is 1.17 bits per heavy atom. The summed E-state index contributed by atoms with van der Waals surface area (Å²) in [4.78, 5) is 16.1. The Morgan fingerprint density at radius 3 is 2.83 bits per heavy atom. The Labute approximate surface area is 106 Å². The van der Waals surface area contributed by atoms with Gasteiger partial charge in [0, 0.05) is 6.20 Å². The molecule has 0 radical (unpaired) electrons. The largest absolute Gasteiger partial charge is 0.344 e. The fourth-order valence-electron chi connectivity index (χ4n) is 2.44. The van der Waals surface area contributed by atoms with Crippen molar-refractivity contribution in [3.63, 3.8) is 0 Å². The van der Waals surface area contributed by atoms with Crippen molar-refractivity contribution in [2.24, 2.45) is 0 Å². The Morgan fingerprint density at radius 2 is 2.00 bits per heavy atom. The number of carbonyl (C=O) groups excluding carboxylic acids is 1. The topological polar surface area (TPSA) is 42.0 Å². The van der Waals surface area contributed by atoms with Gasteiger partial charge in [-0.2, -0.15) is 0 Å². The van der Waals surface area contributed by atoms with Crippen LogP contribution >= 0.6 is 0 Å². The van der Waals surface area contributed by atoms with Crippen molar-refractivity contribution in [3.8, 4) is 0 Å². The number of amides is 1. The van der Waals surface area contributed by atoms with Crippen LogP contribution in [0.3, 0.4) is 0 Å². The second kappa shape index (κ2) is 4.61. The van der Waals surface area contributed by atoms with Crippen LogP contribution in [-0.2, 0) is 6.42 Å². The van der Waals surface area contributed by atoms with Crippen LogP contribution in [0.5, 0.6) is 0 Å². The maximum absolute atomic E-state index is 12.0. The van der Waals surface area contributed by atoms with E-state index in [0.29, 0.717) is 5.69 Å². The lowest BCUT2D eigenvalue weighted by molar-refractivity contribution is 0.0931. The van der Waals surface area contributed by atoms with Crippen molar-refractivity contribution in [2.75, 3.05) is 0 Å². The van der Waals surface area contributed by atoms with Crippen LogP contribution in [0.25, 0.3) is 0 Å². The maximum atomic E-state index is 12.0. The first-order valence-electron chi connectivity index (χ1n) is 6.14. The van der Waals surface area contributed by atoms with Crippen LogP contribution < -0.4 is 5.32 Å². The summed E-state index contributed by atoms with van der Waals surface area (Å²) in [5.41, 5.74) is 3.05. The summed E-state index contributed by atoms with van der Waals surface area (Å²) in [6.45, 7) is 0. The van der Waals surface area contributed by atoms with Gasteiger partial charge in [-0.25, -0.2) is 0 Å². The molecule has 18 heavy (non-hydrogen) atoms. The molecule has 1 aliphatic carbocycles. The third kappa shape index (κ3) is 1.99. The monoisotopic (exact) mass is 238 g/mol. The summed E-state index contributed by atoms with van der Waals surface area (Å²) >= 11 is 0. The number of pyridine rings is 1. The van der Waals surface area contributed by atoms with Gasteiger partial charge in [-0.15, -0.1) is 0 Å². The summed E-state index contributed by atoms with van der Waals surface area (Å²) < 4.78 is 0. The fourth-order valence-corrected chi connectivity index (χ4v) is 2.44. The molecule has 90 valence electrons. The van der Waals surface area contributed by atoms with E-state index >= 15 is 0 Å². The van der Waals surface area contributed by atoms with E-state index in [-0.39, 0.29) is 11.9 Å². The standard InChI is InChI=1S/C15H14N2O/c18-15(14-7-3-4-10-16-14)17-13-9-8-11-5-1-2-6-12(11)13/h1-7,10,13H,8-9H2,(H,17,18)/t13-/m0/s1. The average molecular weight is 238 g/mol. The van der Waals surface area contributed by atoms with Crippen LogP contribution in [-0.4, -0.2) is 10.9 Å². The van der Waals surface area contributed by atoms with Crippen molar-refractivity contribution in [1.82, 2.24) is 10.3 Å². The van der Waals surface area contributed by atoms with E-state index in [2.05, 4.69) is 22.4 Å². The molecule has 3 nitrogen and oxygen atoms in total. The first-order chi connectivity index (χ1) is 8.84. The highest BCUT2D eigenvalue weighted by atomic mass is 16.1. The molecule has 0 saturated carbocycles. The Bertz CT molecular complexity index is 566. The molecule has 0 unspecified atom stereocenters. The van der Waals surface area contributed by atoms with Crippen molar-refractivity contribution in [1.29, 1.82) is 0 Å². The highest BCUT2D eigenvalue weighted by Gasteiger charge is 2.23. The van der Waals surface area contributed by atoms with Gasteiger partial charge in [-0.1, -0.05) is 30.3 Å². The van der Waals surface area contributed by atoms with Crippen molar-refractivity contribution < 1.29 is 4.79 Å². The quantitative estimate of drug-likeness (QED) is 0.873. The molecule has 0 aliphatic heterocycles. The van der Waals surface area contributed by atoms with Crippen LogP contribution in [0.4, 0.5) is 0 Å². The molecule has 1 aliphatic rings. The molecular weight excluding hydrogens is 224 g/mol. The molecule has 0 saturated heterocycles. The number of carbonyl (C=O) groups is 1. The molecule has 0 bridgehead atoms. The minimum absolute atomic E-state index is 0.0997. The number of aryl methyl sites for hydroxylation is 1. The van der Waals surface area contributed by atoms with E-state index in [4.69, 9.17) is 0 Å². The van der Waals surface area contributed by atoms with Gasteiger partial charge in [0.1, 0.15) is 5.69 Å². The number of hydrogen-bond acceptors (Lipinski definition) is 2. The molecule has 1 amide bonds. The zero-order valence-corrected chi connectivity index (χ0v) is 9.97. The average Bonchev–Trinajstić information content (AvgIpc) is 2.83.